The molecule has 0 bridgehead atoms. The number of nitro groups is 1. The number of nitrogens with zero attached hydrogens (tertiary/aromatic N) is 3. The highest BCUT2D eigenvalue weighted by Gasteiger charge is 2.61. The highest BCUT2D eigenvalue weighted by Crippen LogP contribution is 2.52. The van der Waals surface area contributed by atoms with Crippen LogP contribution < -0.4 is 0 Å². The predicted molar refractivity (Wildman–Crippen MR) is 71.4 cm³/mol. The Balaban J connectivity index is 2.63. The van der Waals surface area contributed by atoms with E-state index < -0.39 is 27.9 Å². The Hall–Kier alpha value is -1.96. The molecular weight excluding hydrogens is 278 g/mol. The van der Waals surface area contributed by atoms with Gasteiger partial charge >= 0.3 is 0 Å². The fourth-order valence-corrected chi connectivity index (χ4v) is 3.82. The van der Waals surface area contributed by atoms with Crippen molar-refractivity contribution >= 4 is 11.3 Å². The summed E-state index contributed by atoms with van der Waals surface area (Å²) in [5.74, 6) is -0.920. The van der Waals surface area contributed by atoms with Crippen molar-refractivity contribution in [2.45, 2.75) is 37.3 Å². The SMILES string of the molecule is C[C@@]1(O)CCC(C#N)(C#N)[C@@H](c2cccs2)[C@@H]1[N+](=O)[O-]. The monoisotopic (exact) mass is 291 g/mol. The normalized spacial score (nSPS) is 32.0. The fourth-order valence-electron chi connectivity index (χ4n) is 2.87. The maximum absolute atomic E-state index is 11.4. The third-order valence-corrected chi connectivity index (χ3v) is 4.94. The largest absolute Gasteiger partial charge is 0.383 e. The van der Waals surface area contributed by atoms with Crippen molar-refractivity contribution in [3.63, 3.8) is 0 Å². The van der Waals surface area contributed by atoms with Crippen LogP contribution in [0.4, 0.5) is 0 Å². The summed E-state index contributed by atoms with van der Waals surface area (Å²) in [5, 5.41) is 42.3. The maximum atomic E-state index is 11.4. The van der Waals surface area contributed by atoms with E-state index in [1.54, 1.807) is 17.5 Å². The fraction of sp³-hybridized carbons (Fsp3) is 0.538. The first-order valence-electron chi connectivity index (χ1n) is 6.10. The minimum Gasteiger partial charge on any atom is -0.383 e. The summed E-state index contributed by atoms with van der Waals surface area (Å²) in [4.78, 5) is 11.5. The minimum atomic E-state index is -1.53. The van der Waals surface area contributed by atoms with Crippen LogP contribution in [-0.4, -0.2) is 21.7 Å². The number of thiophene rings is 1. The Kier molecular flexibility index (Phi) is 3.51. The van der Waals surface area contributed by atoms with Crippen LogP contribution in [0, 0.1) is 38.2 Å². The number of hydrogen-bond donors (Lipinski definition) is 1. The maximum Gasteiger partial charge on any atom is 0.251 e. The van der Waals surface area contributed by atoms with Gasteiger partial charge in [-0.05, 0) is 31.2 Å². The van der Waals surface area contributed by atoms with Gasteiger partial charge in [0.1, 0.15) is 5.60 Å². The summed E-state index contributed by atoms with van der Waals surface area (Å²) in [5.41, 5.74) is -3.00. The Morgan fingerprint density at radius 1 is 1.50 bits per heavy atom. The lowest BCUT2D eigenvalue weighted by atomic mass is 9.60. The molecule has 1 aromatic heterocycles. The molecule has 3 atom stereocenters. The van der Waals surface area contributed by atoms with Gasteiger partial charge in [-0.3, -0.25) is 10.1 Å². The third-order valence-electron chi connectivity index (χ3n) is 3.99. The quantitative estimate of drug-likeness (QED) is 0.662. The van der Waals surface area contributed by atoms with Crippen LogP contribution in [0.1, 0.15) is 30.6 Å². The third kappa shape index (κ3) is 2.05. The van der Waals surface area contributed by atoms with Gasteiger partial charge in [0.15, 0.2) is 5.41 Å². The molecule has 1 fully saturated rings. The second-order valence-electron chi connectivity index (χ2n) is 5.28. The molecule has 7 heteroatoms. The van der Waals surface area contributed by atoms with Crippen molar-refractivity contribution in [3.05, 3.63) is 32.5 Å². The summed E-state index contributed by atoms with van der Waals surface area (Å²) in [6, 6.07) is 5.95. The molecule has 1 aliphatic carbocycles. The highest BCUT2D eigenvalue weighted by atomic mass is 32.1. The van der Waals surface area contributed by atoms with Gasteiger partial charge in [-0.1, -0.05) is 6.07 Å². The molecule has 20 heavy (non-hydrogen) atoms. The first kappa shape index (κ1) is 14.4. The van der Waals surface area contributed by atoms with Crippen LogP contribution in [0.3, 0.4) is 0 Å². The van der Waals surface area contributed by atoms with Crippen molar-refractivity contribution < 1.29 is 10.0 Å². The molecule has 0 unspecified atom stereocenters. The molecule has 0 radical (unpaired) electrons. The van der Waals surface area contributed by atoms with Gasteiger partial charge in [0.2, 0.25) is 0 Å². The van der Waals surface area contributed by atoms with E-state index in [1.807, 2.05) is 12.1 Å². The van der Waals surface area contributed by atoms with Crippen LogP contribution in [0.15, 0.2) is 17.5 Å². The van der Waals surface area contributed by atoms with Gasteiger partial charge in [0.25, 0.3) is 6.04 Å². The molecule has 1 heterocycles. The molecule has 1 aliphatic rings. The smallest absolute Gasteiger partial charge is 0.251 e. The molecule has 0 aromatic carbocycles. The minimum absolute atomic E-state index is 0.0572. The predicted octanol–water partition coefficient (Wildman–Crippen LogP) is 2.06. The number of rotatable bonds is 2. The van der Waals surface area contributed by atoms with E-state index >= 15 is 0 Å². The molecule has 104 valence electrons. The number of aliphatic hydroxyl groups is 1. The Morgan fingerprint density at radius 3 is 2.60 bits per heavy atom. The molecule has 1 N–H and O–H groups in total. The van der Waals surface area contributed by atoms with Crippen molar-refractivity contribution in [1.82, 2.24) is 0 Å². The molecule has 0 amide bonds. The Labute approximate surface area is 120 Å². The standard InChI is InChI=1S/C13H13N3O3S/c1-12(17)4-5-13(7-14,8-15)10(11(12)16(18)19)9-3-2-6-20-9/h2-3,6,10-11,17H,4-5H2,1H3/t10-,11-,12+/m0/s1. The summed E-state index contributed by atoms with van der Waals surface area (Å²) < 4.78 is 0. The average molecular weight is 291 g/mol. The first-order valence-corrected chi connectivity index (χ1v) is 6.98. The zero-order chi connectivity index (χ0) is 15.0. The van der Waals surface area contributed by atoms with E-state index in [1.165, 1.54) is 18.3 Å². The molecule has 0 spiro atoms. The molecule has 0 saturated heterocycles. The topological polar surface area (TPSA) is 111 Å². The van der Waals surface area contributed by atoms with Crippen LogP contribution in [0.5, 0.6) is 0 Å². The molecule has 1 aromatic rings. The van der Waals surface area contributed by atoms with Gasteiger partial charge in [0, 0.05) is 9.80 Å². The highest BCUT2D eigenvalue weighted by molar-refractivity contribution is 7.10. The zero-order valence-electron chi connectivity index (χ0n) is 10.8. The summed E-state index contributed by atoms with van der Waals surface area (Å²) >= 11 is 1.27. The van der Waals surface area contributed by atoms with Crippen LogP contribution in [-0.2, 0) is 0 Å². The summed E-state index contributed by atoms with van der Waals surface area (Å²) in [7, 11) is 0. The molecular formula is C13H13N3O3S. The van der Waals surface area contributed by atoms with E-state index in [9.17, 15) is 25.7 Å². The molecule has 0 aliphatic heterocycles. The average Bonchev–Trinajstić information content (AvgIpc) is 2.91. The van der Waals surface area contributed by atoms with E-state index in [0.717, 1.165) is 0 Å². The number of hydrogen-bond acceptors (Lipinski definition) is 6. The number of nitriles is 2. The van der Waals surface area contributed by atoms with Gasteiger partial charge in [0.05, 0.1) is 18.1 Å². The van der Waals surface area contributed by atoms with E-state index in [2.05, 4.69) is 0 Å². The van der Waals surface area contributed by atoms with Gasteiger partial charge in [-0.2, -0.15) is 10.5 Å². The van der Waals surface area contributed by atoms with Crippen LogP contribution >= 0.6 is 11.3 Å². The van der Waals surface area contributed by atoms with Crippen molar-refractivity contribution in [1.29, 1.82) is 10.5 Å². The van der Waals surface area contributed by atoms with Gasteiger partial charge < -0.3 is 5.11 Å². The van der Waals surface area contributed by atoms with Crippen molar-refractivity contribution in [3.8, 4) is 12.1 Å². The van der Waals surface area contributed by atoms with E-state index in [4.69, 9.17) is 0 Å². The summed E-state index contributed by atoms with van der Waals surface area (Å²) in [6.45, 7) is 1.40. The van der Waals surface area contributed by atoms with Crippen LogP contribution in [0.25, 0.3) is 0 Å². The molecule has 6 nitrogen and oxygen atoms in total. The van der Waals surface area contributed by atoms with E-state index in [-0.39, 0.29) is 12.8 Å². The van der Waals surface area contributed by atoms with Gasteiger partial charge in [-0.15, -0.1) is 11.3 Å². The van der Waals surface area contributed by atoms with Crippen molar-refractivity contribution in [2.75, 3.05) is 0 Å². The zero-order valence-corrected chi connectivity index (χ0v) is 11.6. The second kappa shape index (κ2) is 4.86. The summed E-state index contributed by atoms with van der Waals surface area (Å²) in [6.07, 6.45) is 0.182. The second-order valence-corrected chi connectivity index (χ2v) is 6.25. The lowest BCUT2D eigenvalue weighted by Crippen LogP contribution is -2.56. The van der Waals surface area contributed by atoms with E-state index in [0.29, 0.717) is 4.88 Å². The van der Waals surface area contributed by atoms with Crippen molar-refractivity contribution in [2.24, 2.45) is 5.41 Å². The molecule has 1 saturated carbocycles. The lowest BCUT2D eigenvalue weighted by molar-refractivity contribution is -0.555. The Bertz CT molecular complexity index is 583. The first-order chi connectivity index (χ1) is 9.38. The van der Waals surface area contributed by atoms with Crippen LogP contribution in [0.2, 0.25) is 0 Å². The molecule has 2 rings (SSSR count). The Morgan fingerprint density at radius 2 is 2.15 bits per heavy atom. The lowest BCUT2D eigenvalue weighted by Gasteiger charge is -2.42. The van der Waals surface area contributed by atoms with Gasteiger partial charge in [-0.25, -0.2) is 0 Å².